The summed E-state index contributed by atoms with van der Waals surface area (Å²) < 4.78 is 0. The van der Waals surface area contributed by atoms with Crippen LogP contribution < -0.4 is 5.73 Å². The summed E-state index contributed by atoms with van der Waals surface area (Å²) in [6.45, 7) is 0. The summed E-state index contributed by atoms with van der Waals surface area (Å²) in [4.78, 5) is 25.4. The quantitative estimate of drug-likeness (QED) is 0.535. The fourth-order valence-electron chi connectivity index (χ4n) is 0.925. The molecule has 0 aliphatic rings. The van der Waals surface area contributed by atoms with Gasteiger partial charge < -0.3 is 5.73 Å². The summed E-state index contributed by atoms with van der Waals surface area (Å²) in [5.74, 6) is -1.10. The highest BCUT2D eigenvalue weighted by molar-refractivity contribution is 6.06. The third kappa shape index (κ3) is 2.38. The number of nitrogens with two attached hydrogens (primary N) is 1. The molecule has 1 amide bonds. The summed E-state index contributed by atoms with van der Waals surface area (Å²) in [5.41, 5.74) is 5.27. The van der Waals surface area contributed by atoms with Crippen molar-refractivity contribution in [3.05, 3.63) is 29.6 Å². The SMILES string of the molecule is N#Cc1cc(C(=O)CC(N)=O)ccn1. The van der Waals surface area contributed by atoms with Crippen molar-refractivity contribution in [1.82, 2.24) is 4.98 Å². The average Bonchev–Trinajstić information content (AvgIpc) is 2.17. The van der Waals surface area contributed by atoms with Crippen molar-refractivity contribution >= 4 is 11.7 Å². The molecule has 0 unspecified atom stereocenters. The molecule has 2 N–H and O–H groups in total. The molecular weight excluding hydrogens is 182 g/mol. The standard InChI is InChI=1S/C9H7N3O2/c10-5-7-3-6(1-2-12-7)8(13)4-9(11)14/h1-3H,4H2,(H2,11,14). The molecule has 70 valence electrons. The number of carbonyl (C=O) groups is 2. The Morgan fingerprint density at radius 1 is 1.57 bits per heavy atom. The van der Waals surface area contributed by atoms with Gasteiger partial charge in [-0.3, -0.25) is 9.59 Å². The van der Waals surface area contributed by atoms with Crippen LogP contribution in [0, 0.1) is 11.3 Å². The lowest BCUT2D eigenvalue weighted by molar-refractivity contribution is -0.117. The third-order valence-corrected chi connectivity index (χ3v) is 1.53. The van der Waals surface area contributed by atoms with Crippen LogP contribution in [0.5, 0.6) is 0 Å². The van der Waals surface area contributed by atoms with Crippen molar-refractivity contribution in [3.63, 3.8) is 0 Å². The lowest BCUT2D eigenvalue weighted by Crippen LogP contribution is -2.16. The molecule has 0 fully saturated rings. The molecule has 0 aliphatic carbocycles. The molecule has 5 nitrogen and oxygen atoms in total. The van der Waals surface area contributed by atoms with E-state index in [1.807, 2.05) is 0 Å². The van der Waals surface area contributed by atoms with Crippen molar-refractivity contribution in [2.75, 3.05) is 0 Å². The van der Waals surface area contributed by atoms with Gasteiger partial charge in [0.05, 0.1) is 6.42 Å². The minimum absolute atomic E-state index is 0.139. The Bertz CT molecular complexity index is 420. The van der Waals surface area contributed by atoms with E-state index in [9.17, 15) is 9.59 Å². The predicted molar refractivity (Wildman–Crippen MR) is 47.1 cm³/mol. The van der Waals surface area contributed by atoms with Crippen LogP contribution >= 0.6 is 0 Å². The Morgan fingerprint density at radius 2 is 2.29 bits per heavy atom. The molecule has 0 spiro atoms. The fourth-order valence-corrected chi connectivity index (χ4v) is 0.925. The van der Waals surface area contributed by atoms with Crippen molar-refractivity contribution in [2.45, 2.75) is 6.42 Å². The van der Waals surface area contributed by atoms with Crippen molar-refractivity contribution in [1.29, 1.82) is 5.26 Å². The predicted octanol–water partition coefficient (Wildman–Crippen LogP) is 0.0114. The van der Waals surface area contributed by atoms with Crippen LogP contribution in [0.3, 0.4) is 0 Å². The molecule has 1 aromatic rings. The Labute approximate surface area is 80.2 Å². The number of amides is 1. The first-order valence-corrected chi connectivity index (χ1v) is 3.81. The molecule has 0 atom stereocenters. The van der Waals surface area contributed by atoms with Crippen LogP contribution in [0.15, 0.2) is 18.3 Å². The number of nitriles is 1. The number of rotatable bonds is 3. The average molecular weight is 189 g/mol. The molecule has 0 aliphatic heterocycles. The highest BCUT2D eigenvalue weighted by atomic mass is 16.2. The van der Waals surface area contributed by atoms with E-state index in [0.717, 1.165) is 0 Å². The smallest absolute Gasteiger partial charge is 0.225 e. The zero-order valence-electron chi connectivity index (χ0n) is 7.23. The summed E-state index contributed by atoms with van der Waals surface area (Å²) in [6, 6.07) is 4.56. The first kappa shape index (κ1) is 9.86. The normalized spacial score (nSPS) is 9.07. The molecule has 0 aromatic carbocycles. The Kier molecular flexibility index (Phi) is 2.92. The van der Waals surface area contributed by atoms with Crippen LogP contribution in [0.4, 0.5) is 0 Å². The van der Waals surface area contributed by atoms with Gasteiger partial charge in [-0.1, -0.05) is 0 Å². The third-order valence-electron chi connectivity index (χ3n) is 1.53. The minimum atomic E-state index is -0.690. The number of pyridine rings is 1. The number of Topliss-reactive ketones (excluding diaryl/α,β-unsaturated/α-hetero) is 1. The van der Waals surface area contributed by atoms with Gasteiger partial charge in [-0.25, -0.2) is 4.98 Å². The number of hydrogen-bond donors (Lipinski definition) is 1. The van der Waals surface area contributed by atoms with E-state index >= 15 is 0 Å². The lowest BCUT2D eigenvalue weighted by Gasteiger charge is -1.97. The van der Waals surface area contributed by atoms with Gasteiger partial charge in [0, 0.05) is 11.8 Å². The van der Waals surface area contributed by atoms with Gasteiger partial charge in [0.25, 0.3) is 0 Å². The monoisotopic (exact) mass is 189 g/mol. The first-order chi connectivity index (χ1) is 6.63. The lowest BCUT2D eigenvalue weighted by atomic mass is 10.1. The molecule has 0 saturated heterocycles. The largest absolute Gasteiger partial charge is 0.369 e. The molecule has 14 heavy (non-hydrogen) atoms. The maximum atomic E-state index is 11.3. The second-order valence-electron chi connectivity index (χ2n) is 2.61. The van der Waals surface area contributed by atoms with Crippen LogP contribution in [0.2, 0.25) is 0 Å². The van der Waals surface area contributed by atoms with Crippen LogP contribution in [-0.4, -0.2) is 16.7 Å². The number of aromatic nitrogens is 1. The molecule has 0 bridgehead atoms. The fraction of sp³-hybridized carbons (Fsp3) is 0.111. The Balaban J connectivity index is 2.91. The summed E-state index contributed by atoms with van der Waals surface area (Å²) in [5, 5.41) is 8.51. The zero-order chi connectivity index (χ0) is 10.6. The molecule has 1 aromatic heterocycles. The molecule has 0 saturated carbocycles. The van der Waals surface area contributed by atoms with Gasteiger partial charge in [0.15, 0.2) is 5.78 Å². The topological polar surface area (TPSA) is 96.8 Å². The number of hydrogen-bond acceptors (Lipinski definition) is 4. The second-order valence-corrected chi connectivity index (χ2v) is 2.61. The van der Waals surface area contributed by atoms with Gasteiger partial charge in [-0.15, -0.1) is 0 Å². The van der Waals surface area contributed by atoms with E-state index in [4.69, 9.17) is 11.0 Å². The van der Waals surface area contributed by atoms with Crippen molar-refractivity contribution in [3.8, 4) is 6.07 Å². The van der Waals surface area contributed by atoms with E-state index in [0.29, 0.717) is 0 Å². The highest BCUT2D eigenvalue weighted by Crippen LogP contribution is 2.04. The maximum absolute atomic E-state index is 11.3. The van der Waals surface area contributed by atoms with Gasteiger partial charge in [0.1, 0.15) is 11.8 Å². The van der Waals surface area contributed by atoms with Crippen LogP contribution in [0.25, 0.3) is 0 Å². The first-order valence-electron chi connectivity index (χ1n) is 3.81. The number of nitrogens with zero attached hydrogens (tertiary/aromatic N) is 2. The Morgan fingerprint density at radius 3 is 2.86 bits per heavy atom. The van der Waals surface area contributed by atoms with Crippen LogP contribution in [-0.2, 0) is 4.79 Å². The van der Waals surface area contributed by atoms with E-state index < -0.39 is 11.7 Å². The second kappa shape index (κ2) is 4.14. The summed E-state index contributed by atoms with van der Waals surface area (Å²) in [6.07, 6.45) is 0.988. The van der Waals surface area contributed by atoms with Gasteiger partial charge in [0.2, 0.25) is 5.91 Å². The molecule has 1 heterocycles. The number of carbonyl (C=O) groups excluding carboxylic acids is 2. The summed E-state index contributed by atoms with van der Waals surface area (Å²) in [7, 11) is 0. The van der Waals surface area contributed by atoms with Crippen molar-refractivity contribution in [2.24, 2.45) is 5.73 Å². The van der Waals surface area contributed by atoms with E-state index in [1.54, 1.807) is 6.07 Å². The van der Waals surface area contributed by atoms with E-state index in [2.05, 4.69) is 4.98 Å². The van der Waals surface area contributed by atoms with Gasteiger partial charge in [-0.05, 0) is 12.1 Å². The molecule has 0 radical (unpaired) electrons. The number of primary amides is 1. The minimum Gasteiger partial charge on any atom is -0.369 e. The zero-order valence-corrected chi connectivity index (χ0v) is 7.23. The van der Waals surface area contributed by atoms with Crippen molar-refractivity contribution < 1.29 is 9.59 Å². The van der Waals surface area contributed by atoms with Gasteiger partial charge in [-0.2, -0.15) is 5.26 Å². The van der Waals surface area contributed by atoms with E-state index in [-0.39, 0.29) is 17.7 Å². The van der Waals surface area contributed by atoms with E-state index in [1.165, 1.54) is 18.3 Å². The molecule has 1 rings (SSSR count). The Hall–Kier alpha value is -2.22. The highest BCUT2D eigenvalue weighted by Gasteiger charge is 2.09. The van der Waals surface area contributed by atoms with Crippen LogP contribution in [0.1, 0.15) is 22.5 Å². The molecule has 5 heteroatoms. The summed E-state index contributed by atoms with van der Waals surface area (Å²) >= 11 is 0. The number of ketones is 1. The molecular formula is C9H7N3O2. The maximum Gasteiger partial charge on any atom is 0.225 e. The van der Waals surface area contributed by atoms with Gasteiger partial charge >= 0.3 is 0 Å².